The van der Waals surface area contributed by atoms with Gasteiger partial charge in [-0.2, -0.15) is 0 Å². The number of fused-ring (bicyclic) bond motifs is 1. The molecule has 0 heterocycles. The Morgan fingerprint density at radius 2 is 1.76 bits per heavy atom. The molecule has 2 saturated carbocycles. The van der Waals surface area contributed by atoms with E-state index in [1.807, 2.05) is 0 Å². The Morgan fingerprint density at radius 1 is 1.06 bits per heavy atom. The Hall–Kier alpha value is -0.750. The van der Waals surface area contributed by atoms with Crippen LogP contribution in [0.2, 0.25) is 0 Å². The summed E-state index contributed by atoms with van der Waals surface area (Å²) in [6.07, 6.45) is 9.61. The van der Waals surface area contributed by atoms with Gasteiger partial charge in [0.25, 0.3) is 0 Å². The first kappa shape index (κ1) is 26.3. The van der Waals surface area contributed by atoms with E-state index in [2.05, 4.69) is 45.9 Å². The van der Waals surface area contributed by atoms with Gasteiger partial charge in [-0.3, -0.25) is 4.52 Å². The number of phosphoric ester groups is 1. The van der Waals surface area contributed by atoms with Gasteiger partial charge in [0.05, 0.1) is 19.3 Å². The SMILES string of the molecule is CC1(C)CC(OC[C@@H]2CCc3cc([C@H]4CC[C@](N)(COP(=O)(O)O)C4)ccc3C2)CC(C)(C)C1. The van der Waals surface area contributed by atoms with Crippen molar-refractivity contribution in [3.05, 3.63) is 34.9 Å². The van der Waals surface area contributed by atoms with Gasteiger partial charge in [0.2, 0.25) is 0 Å². The number of rotatable bonds is 7. The van der Waals surface area contributed by atoms with E-state index in [1.165, 1.54) is 23.1 Å². The van der Waals surface area contributed by atoms with Gasteiger partial charge in [-0.05, 0) is 97.1 Å². The molecule has 0 unspecified atom stereocenters. The lowest BCUT2D eigenvalue weighted by atomic mass is 9.64. The number of hydrogen-bond donors (Lipinski definition) is 3. The van der Waals surface area contributed by atoms with Gasteiger partial charge in [0.15, 0.2) is 0 Å². The number of nitrogens with two attached hydrogens (primary N) is 1. The van der Waals surface area contributed by atoms with Crippen LogP contribution in [-0.4, -0.2) is 34.6 Å². The van der Waals surface area contributed by atoms with Crippen LogP contribution >= 0.6 is 7.82 Å². The molecule has 0 aromatic heterocycles. The molecule has 0 bridgehead atoms. The van der Waals surface area contributed by atoms with Gasteiger partial charge in [-0.1, -0.05) is 45.9 Å². The van der Waals surface area contributed by atoms with E-state index in [1.54, 1.807) is 0 Å². The largest absolute Gasteiger partial charge is 0.469 e. The third-order valence-corrected chi connectivity index (χ3v) is 8.75. The van der Waals surface area contributed by atoms with Crippen molar-refractivity contribution >= 4 is 7.82 Å². The molecule has 7 heteroatoms. The average molecular weight is 494 g/mol. The van der Waals surface area contributed by atoms with E-state index in [0.29, 0.717) is 41.6 Å². The molecule has 0 amide bonds. The Balaban J connectivity index is 1.31. The summed E-state index contributed by atoms with van der Waals surface area (Å²) in [7, 11) is -4.49. The monoisotopic (exact) mass is 493 g/mol. The third kappa shape index (κ3) is 6.93. The molecule has 3 atom stereocenters. The van der Waals surface area contributed by atoms with Crippen LogP contribution in [0, 0.1) is 16.7 Å². The fourth-order valence-electron chi connectivity index (χ4n) is 7.17. The highest BCUT2D eigenvalue weighted by Crippen LogP contribution is 2.47. The summed E-state index contributed by atoms with van der Waals surface area (Å²) < 4.78 is 22.3. The smallest absolute Gasteiger partial charge is 0.378 e. The highest BCUT2D eigenvalue weighted by molar-refractivity contribution is 7.46. The van der Waals surface area contributed by atoms with E-state index >= 15 is 0 Å². The summed E-state index contributed by atoms with van der Waals surface area (Å²) in [4.78, 5) is 18.0. The van der Waals surface area contributed by atoms with Crippen LogP contribution in [-0.2, 0) is 26.7 Å². The van der Waals surface area contributed by atoms with E-state index in [-0.39, 0.29) is 6.61 Å². The fraction of sp³-hybridized carbons (Fsp3) is 0.778. The Kier molecular flexibility index (Phi) is 7.44. The maximum Gasteiger partial charge on any atom is 0.469 e. The third-order valence-electron chi connectivity index (χ3n) is 8.28. The number of hydrogen-bond acceptors (Lipinski definition) is 4. The number of benzene rings is 1. The lowest BCUT2D eigenvalue weighted by Crippen LogP contribution is -2.41. The van der Waals surface area contributed by atoms with Crippen LogP contribution in [0.4, 0.5) is 0 Å². The molecule has 1 aromatic rings. The van der Waals surface area contributed by atoms with Crippen molar-refractivity contribution in [1.82, 2.24) is 0 Å². The number of ether oxygens (including phenoxy) is 1. The van der Waals surface area contributed by atoms with Crippen LogP contribution in [0.1, 0.15) is 95.2 Å². The van der Waals surface area contributed by atoms with Gasteiger partial charge in [0.1, 0.15) is 0 Å². The zero-order valence-corrected chi connectivity index (χ0v) is 22.3. The van der Waals surface area contributed by atoms with E-state index in [0.717, 1.165) is 45.1 Å². The maximum absolute atomic E-state index is 11.1. The first-order chi connectivity index (χ1) is 15.7. The molecule has 6 nitrogen and oxygen atoms in total. The molecule has 0 aliphatic heterocycles. The molecular formula is C27H44NO5P. The van der Waals surface area contributed by atoms with Gasteiger partial charge < -0.3 is 20.3 Å². The average Bonchev–Trinajstić information content (AvgIpc) is 3.10. The molecule has 2 fully saturated rings. The Labute approximate surface area is 205 Å². The molecule has 4 N–H and O–H groups in total. The molecule has 3 aliphatic carbocycles. The second kappa shape index (κ2) is 9.61. The zero-order valence-electron chi connectivity index (χ0n) is 21.4. The fourth-order valence-corrected chi connectivity index (χ4v) is 7.59. The summed E-state index contributed by atoms with van der Waals surface area (Å²) >= 11 is 0. The van der Waals surface area contributed by atoms with Crippen molar-refractivity contribution in [3.8, 4) is 0 Å². The summed E-state index contributed by atoms with van der Waals surface area (Å²) in [5.41, 5.74) is 10.6. The van der Waals surface area contributed by atoms with Crippen molar-refractivity contribution in [2.24, 2.45) is 22.5 Å². The second-order valence-corrected chi connectivity index (χ2v) is 14.3. The number of phosphoric acid groups is 1. The maximum atomic E-state index is 11.1. The van der Waals surface area contributed by atoms with Gasteiger partial charge >= 0.3 is 7.82 Å². The summed E-state index contributed by atoms with van der Waals surface area (Å²) in [6, 6.07) is 6.86. The minimum atomic E-state index is -4.49. The lowest BCUT2D eigenvalue weighted by molar-refractivity contribution is -0.0604. The first-order valence-electron chi connectivity index (χ1n) is 12.9. The zero-order chi connectivity index (χ0) is 24.8. The quantitative estimate of drug-likeness (QED) is 0.434. The predicted molar refractivity (Wildman–Crippen MR) is 135 cm³/mol. The van der Waals surface area contributed by atoms with E-state index < -0.39 is 13.4 Å². The Morgan fingerprint density at radius 3 is 2.44 bits per heavy atom. The van der Waals surface area contributed by atoms with Crippen molar-refractivity contribution in [2.75, 3.05) is 13.2 Å². The van der Waals surface area contributed by atoms with E-state index in [9.17, 15) is 4.57 Å². The highest BCUT2D eigenvalue weighted by atomic mass is 31.2. The molecule has 0 saturated heterocycles. The van der Waals surface area contributed by atoms with Crippen molar-refractivity contribution in [1.29, 1.82) is 0 Å². The number of aryl methyl sites for hydroxylation is 1. The van der Waals surface area contributed by atoms with Gasteiger partial charge in [-0.25, -0.2) is 4.57 Å². The van der Waals surface area contributed by atoms with Crippen molar-refractivity contribution in [3.63, 3.8) is 0 Å². The van der Waals surface area contributed by atoms with Crippen molar-refractivity contribution < 1.29 is 23.6 Å². The van der Waals surface area contributed by atoms with Crippen molar-refractivity contribution in [2.45, 2.75) is 103 Å². The summed E-state index contributed by atoms with van der Waals surface area (Å²) in [5, 5.41) is 0. The topological polar surface area (TPSA) is 102 Å². The molecule has 0 radical (unpaired) electrons. The summed E-state index contributed by atoms with van der Waals surface area (Å²) in [6.45, 7) is 10.3. The molecule has 0 spiro atoms. The van der Waals surface area contributed by atoms with Crippen LogP contribution in [0.15, 0.2) is 18.2 Å². The molecule has 192 valence electrons. The molecule has 4 rings (SSSR count). The van der Waals surface area contributed by atoms with E-state index in [4.69, 9.17) is 24.8 Å². The normalized spacial score (nSPS) is 31.4. The molecule has 3 aliphatic rings. The van der Waals surface area contributed by atoms with Gasteiger partial charge in [0, 0.05) is 5.54 Å². The minimum absolute atomic E-state index is 0.101. The Bertz CT molecular complexity index is 910. The second-order valence-electron chi connectivity index (χ2n) is 13.1. The van der Waals surface area contributed by atoms with Crippen LogP contribution in [0.25, 0.3) is 0 Å². The van der Waals surface area contributed by atoms with Crippen LogP contribution in [0.5, 0.6) is 0 Å². The lowest BCUT2D eigenvalue weighted by Gasteiger charge is -2.45. The first-order valence-corrected chi connectivity index (χ1v) is 14.5. The van der Waals surface area contributed by atoms with Crippen LogP contribution < -0.4 is 5.73 Å². The molecule has 34 heavy (non-hydrogen) atoms. The van der Waals surface area contributed by atoms with Gasteiger partial charge in [-0.15, -0.1) is 0 Å². The standard InChI is InChI=1S/C27H44NO5P/c1-25(2)14-24(15-26(3,4)17-25)32-16-19-5-6-21-12-22(8-7-20(21)11-19)23-9-10-27(28,13-23)18-33-34(29,30)31/h7-8,12,19,23-24H,5-6,9-11,13-18,28H2,1-4H3,(H2,29,30,31)/t19-,23+,27-/m1/s1. The summed E-state index contributed by atoms with van der Waals surface area (Å²) in [5.74, 6) is 0.897. The predicted octanol–water partition coefficient (Wildman–Crippen LogP) is 5.49. The highest BCUT2D eigenvalue weighted by Gasteiger charge is 2.40. The molecular weight excluding hydrogens is 449 g/mol. The molecule has 1 aromatic carbocycles. The minimum Gasteiger partial charge on any atom is -0.378 e. The van der Waals surface area contributed by atoms with Crippen LogP contribution in [0.3, 0.4) is 0 Å².